The molecule has 1 aliphatic rings. The quantitative estimate of drug-likeness (QED) is 0.766. The monoisotopic (exact) mass is 320 g/mol. The number of amides is 1. The fourth-order valence-corrected chi connectivity index (χ4v) is 2.85. The molecule has 2 aromatic rings. The van der Waals surface area contributed by atoms with Crippen molar-refractivity contribution < 1.29 is 19.7 Å². The molecular formula is C15H20N4O4. The Morgan fingerprint density at radius 3 is 3.04 bits per heavy atom. The largest absolute Gasteiger partial charge is 0.465 e. The third kappa shape index (κ3) is 3.59. The number of rotatable bonds is 5. The van der Waals surface area contributed by atoms with Crippen LogP contribution in [0.5, 0.6) is 0 Å². The maximum atomic E-state index is 10.7. The average molecular weight is 320 g/mol. The van der Waals surface area contributed by atoms with Crippen LogP contribution >= 0.6 is 0 Å². The van der Waals surface area contributed by atoms with Gasteiger partial charge in [-0.2, -0.15) is 5.10 Å². The highest BCUT2D eigenvalue weighted by atomic mass is 16.5. The summed E-state index contributed by atoms with van der Waals surface area (Å²) in [5.41, 5.74) is 1.60. The van der Waals surface area contributed by atoms with Crippen molar-refractivity contribution in [3.8, 4) is 0 Å². The number of aliphatic hydroxyl groups is 1. The Labute approximate surface area is 133 Å². The number of hydrogen-bond acceptors (Lipinski definition) is 5. The van der Waals surface area contributed by atoms with Gasteiger partial charge in [-0.3, -0.25) is 0 Å². The van der Waals surface area contributed by atoms with E-state index >= 15 is 0 Å². The molecule has 0 bridgehead atoms. The molecular weight excluding hydrogens is 300 g/mol. The standard InChI is InChI=1S/C15H20N4O4/c20-9-12(18-15(21)22)6-10-5-11-8-17-19(14(11)16-7-10)13-3-1-2-4-23-13/h5,7-8,12-13,18,20H,1-4,6,9H2,(H,21,22). The molecule has 2 unspecified atom stereocenters. The van der Waals surface area contributed by atoms with E-state index in [4.69, 9.17) is 9.84 Å². The van der Waals surface area contributed by atoms with E-state index < -0.39 is 12.1 Å². The van der Waals surface area contributed by atoms with Crippen LogP contribution in [0.15, 0.2) is 18.5 Å². The lowest BCUT2D eigenvalue weighted by Crippen LogP contribution is -2.38. The summed E-state index contributed by atoms with van der Waals surface area (Å²) in [6, 6.07) is 1.37. The summed E-state index contributed by atoms with van der Waals surface area (Å²) in [5.74, 6) is 0. The normalized spacial score (nSPS) is 19.6. The zero-order valence-corrected chi connectivity index (χ0v) is 12.7. The second kappa shape index (κ2) is 6.93. The van der Waals surface area contributed by atoms with Crippen LogP contribution in [0.1, 0.15) is 31.1 Å². The van der Waals surface area contributed by atoms with Gasteiger partial charge in [-0.05, 0) is 37.3 Å². The Kier molecular flexibility index (Phi) is 4.73. The molecule has 8 nitrogen and oxygen atoms in total. The molecule has 1 aliphatic heterocycles. The van der Waals surface area contributed by atoms with E-state index in [1.807, 2.05) is 6.07 Å². The third-order valence-corrected chi connectivity index (χ3v) is 3.95. The van der Waals surface area contributed by atoms with Crippen molar-refractivity contribution in [2.75, 3.05) is 13.2 Å². The lowest BCUT2D eigenvalue weighted by Gasteiger charge is -2.23. The van der Waals surface area contributed by atoms with E-state index in [1.165, 1.54) is 0 Å². The van der Waals surface area contributed by atoms with Crippen LogP contribution in [-0.2, 0) is 11.2 Å². The van der Waals surface area contributed by atoms with Crippen molar-refractivity contribution in [3.63, 3.8) is 0 Å². The Hall–Kier alpha value is -2.19. The number of pyridine rings is 1. The van der Waals surface area contributed by atoms with Crippen molar-refractivity contribution in [2.45, 2.75) is 38.0 Å². The van der Waals surface area contributed by atoms with Gasteiger partial charge < -0.3 is 20.3 Å². The van der Waals surface area contributed by atoms with Gasteiger partial charge in [-0.1, -0.05) is 0 Å². The summed E-state index contributed by atoms with van der Waals surface area (Å²) < 4.78 is 7.54. The molecule has 0 radical (unpaired) electrons. The Morgan fingerprint density at radius 1 is 1.48 bits per heavy atom. The molecule has 0 spiro atoms. The maximum Gasteiger partial charge on any atom is 0.404 e. The first-order valence-corrected chi connectivity index (χ1v) is 7.71. The van der Waals surface area contributed by atoms with Crippen LogP contribution < -0.4 is 5.32 Å². The highest BCUT2D eigenvalue weighted by Crippen LogP contribution is 2.25. The second-order valence-electron chi connectivity index (χ2n) is 5.70. The SMILES string of the molecule is O=C(O)NC(CO)Cc1cnc2c(cnn2C2CCCCO2)c1. The number of carboxylic acid groups (broad SMARTS) is 1. The van der Waals surface area contributed by atoms with Gasteiger partial charge in [-0.15, -0.1) is 0 Å². The number of hydrogen-bond donors (Lipinski definition) is 3. The molecule has 1 saturated heterocycles. The van der Waals surface area contributed by atoms with E-state index in [2.05, 4.69) is 15.4 Å². The van der Waals surface area contributed by atoms with Gasteiger partial charge in [0, 0.05) is 18.2 Å². The summed E-state index contributed by atoms with van der Waals surface area (Å²) in [7, 11) is 0. The predicted octanol–water partition coefficient (Wildman–Crippen LogP) is 1.30. The molecule has 8 heteroatoms. The molecule has 1 amide bonds. The summed E-state index contributed by atoms with van der Waals surface area (Å²) in [5, 5.41) is 25.5. The first-order valence-electron chi connectivity index (χ1n) is 7.71. The number of carbonyl (C=O) groups is 1. The first-order chi connectivity index (χ1) is 11.2. The Morgan fingerprint density at radius 2 is 2.35 bits per heavy atom. The smallest absolute Gasteiger partial charge is 0.404 e. The molecule has 2 atom stereocenters. The zero-order chi connectivity index (χ0) is 16.2. The molecule has 1 fully saturated rings. The van der Waals surface area contributed by atoms with Gasteiger partial charge in [0.15, 0.2) is 11.9 Å². The molecule has 0 aliphatic carbocycles. The van der Waals surface area contributed by atoms with Crippen LogP contribution in [0.2, 0.25) is 0 Å². The van der Waals surface area contributed by atoms with Crippen LogP contribution in [-0.4, -0.2) is 50.3 Å². The molecule has 3 N–H and O–H groups in total. The van der Waals surface area contributed by atoms with Crippen LogP contribution in [0.3, 0.4) is 0 Å². The van der Waals surface area contributed by atoms with E-state index in [-0.39, 0.29) is 12.8 Å². The lowest BCUT2D eigenvalue weighted by molar-refractivity contribution is -0.0370. The van der Waals surface area contributed by atoms with Gasteiger partial charge >= 0.3 is 6.09 Å². The van der Waals surface area contributed by atoms with Crippen molar-refractivity contribution >= 4 is 17.1 Å². The Balaban J connectivity index is 1.78. The van der Waals surface area contributed by atoms with Crippen molar-refractivity contribution in [3.05, 3.63) is 24.0 Å². The minimum Gasteiger partial charge on any atom is -0.465 e. The fraction of sp³-hybridized carbons (Fsp3) is 0.533. The van der Waals surface area contributed by atoms with E-state index in [1.54, 1.807) is 17.1 Å². The average Bonchev–Trinajstić information content (AvgIpc) is 2.97. The van der Waals surface area contributed by atoms with E-state index in [0.717, 1.165) is 42.5 Å². The van der Waals surface area contributed by atoms with Crippen LogP contribution in [0.4, 0.5) is 4.79 Å². The Bertz CT molecular complexity index is 681. The lowest BCUT2D eigenvalue weighted by atomic mass is 10.1. The number of nitrogens with one attached hydrogen (secondary N) is 1. The van der Waals surface area contributed by atoms with Gasteiger partial charge in [0.05, 0.1) is 18.8 Å². The van der Waals surface area contributed by atoms with Crippen molar-refractivity contribution in [2.24, 2.45) is 0 Å². The fourth-order valence-electron chi connectivity index (χ4n) is 2.85. The summed E-state index contributed by atoms with van der Waals surface area (Å²) in [4.78, 5) is 15.1. The minimum absolute atomic E-state index is 0.0709. The van der Waals surface area contributed by atoms with Crippen LogP contribution in [0.25, 0.3) is 11.0 Å². The van der Waals surface area contributed by atoms with Crippen molar-refractivity contribution in [1.82, 2.24) is 20.1 Å². The third-order valence-electron chi connectivity index (χ3n) is 3.95. The van der Waals surface area contributed by atoms with Gasteiger partial charge in [-0.25, -0.2) is 14.5 Å². The maximum absolute atomic E-state index is 10.7. The van der Waals surface area contributed by atoms with Gasteiger partial charge in [0.25, 0.3) is 0 Å². The second-order valence-corrected chi connectivity index (χ2v) is 5.70. The van der Waals surface area contributed by atoms with E-state index in [9.17, 15) is 9.90 Å². The number of nitrogens with zero attached hydrogens (tertiary/aromatic N) is 3. The molecule has 0 saturated carbocycles. The topological polar surface area (TPSA) is 110 Å². The molecule has 3 heterocycles. The molecule has 124 valence electrons. The molecule has 2 aromatic heterocycles. The molecule has 23 heavy (non-hydrogen) atoms. The zero-order valence-electron chi connectivity index (χ0n) is 12.7. The molecule has 0 aromatic carbocycles. The number of ether oxygens (including phenoxy) is 1. The summed E-state index contributed by atoms with van der Waals surface area (Å²) >= 11 is 0. The van der Waals surface area contributed by atoms with E-state index in [0.29, 0.717) is 6.42 Å². The minimum atomic E-state index is -1.15. The number of aromatic nitrogens is 3. The van der Waals surface area contributed by atoms with Gasteiger partial charge in [0.1, 0.15) is 0 Å². The van der Waals surface area contributed by atoms with Crippen molar-refractivity contribution in [1.29, 1.82) is 0 Å². The summed E-state index contributed by atoms with van der Waals surface area (Å²) in [6.45, 7) is 0.475. The number of fused-ring (bicyclic) bond motifs is 1. The van der Waals surface area contributed by atoms with Gasteiger partial charge in [0.2, 0.25) is 0 Å². The summed E-state index contributed by atoms with van der Waals surface area (Å²) in [6.07, 6.45) is 5.69. The predicted molar refractivity (Wildman–Crippen MR) is 82.1 cm³/mol. The van der Waals surface area contributed by atoms with Crippen LogP contribution in [0, 0.1) is 0 Å². The highest BCUT2D eigenvalue weighted by Gasteiger charge is 2.19. The highest BCUT2D eigenvalue weighted by molar-refractivity contribution is 5.75. The molecule has 3 rings (SSSR count). The number of aliphatic hydroxyl groups excluding tert-OH is 1. The first kappa shape index (κ1) is 15.7.